The summed E-state index contributed by atoms with van der Waals surface area (Å²) in [5, 5.41) is 0. The molecule has 1 aromatic rings. The van der Waals surface area contributed by atoms with Gasteiger partial charge in [-0.15, -0.1) is 0 Å². The highest BCUT2D eigenvalue weighted by atomic mass is 16.6. The van der Waals surface area contributed by atoms with E-state index in [1.807, 2.05) is 6.92 Å². The van der Waals surface area contributed by atoms with Gasteiger partial charge in [0.1, 0.15) is 0 Å². The topological polar surface area (TPSA) is 44.5 Å². The second-order valence-corrected chi connectivity index (χ2v) is 5.94. The van der Waals surface area contributed by atoms with Gasteiger partial charge in [0.05, 0.1) is 6.61 Å². The van der Waals surface area contributed by atoms with Crippen molar-refractivity contribution in [1.82, 2.24) is 0 Å². The van der Waals surface area contributed by atoms with Gasteiger partial charge in [-0.2, -0.15) is 0 Å². The van der Waals surface area contributed by atoms with E-state index in [4.69, 9.17) is 15.0 Å². The highest BCUT2D eigenvalue weighted by Crippen LogP contribution is 2.24. The van der Waals surface area contributed by atoms with Crippen molar-refractivity contribution in [3.8, 4) is 0 Å². The zero-order valence-electron chi connectivity index (χ0n) is 12.8. The van der Waals surface area contributed by atoms with Crippen LogP contribution in [0.3, 0.4) is 0 Å². The predicted octanol–water partition coefficient (Wildman–Crippen LogP) is 3.18. The molecular weight excluding hydrogens is 237 g/mol. The molecule has 0 aliphatic rings. The quantitative estimate of drug-likeness (QED) is 0.802. The maximum atomic E-state index is 5.74. The Morgan fingerprint density at radius 1 is 1.21 bits per heavy atom. The lowest BCUT2D eigenvalue weighted by molar-refractivity contribution is 0.189. The van der Waals surface area contributed by atoms with Crippen molar-refractivity contribution < 1.29 is 9.31 Å². The first-order valence-electron chi connectivity index (χ1n) is 6.93. The second kappa shape index (κ2) is 7.08. The van der Waals surface area contributed by atoms with E-state index in [1.165, 1.54) is 16.7 Å². The molecule has 3 nitrogen and oxygen atoms in total. The first-order chi connectivity index (χ1) is 8.84. The molecule has 0 fully saturated rings. The average Bonchev–Trinajstić information content (AvgIpc) is 2.33. The van der Waals surface area contributed by atoms with E-state index in [1.54, 1.807) is 0 Å². The van der Waals surface area contributed by atoms with Crippen LogP contribution in [-0.4, -0.2) is 13.9 Å². The molecule has 106 valence electrons. The standard InChI is InChI=1S/C15H26BNO2/c1-6-9-18-16(17)19-11-13-10-14(15(3,4)5)8-7-12(13)2/h7-8,10H,6,9,11,17H2,1-5H3. The van der Waals surface area contributed by atoms with Crippen molar-refractivity contribution in [1.29, 1.82) is 0 Å². The molecule has 0 aliphatic carbocycles. The molecular formula is C15H26BNO2. The lowest BCUT2D eigenvalue weighted by atomic mass is 9.85. The van der Waals surface area contributed by atoms with Gasteiger partial charge in [0.15, 0.2) is 0 Å². The van der Waals surface area contributed by atoms with Gasteiger partial charge in [0.25, 0.3) is 0 Å². The molecule has 0 atom stereocenters. The monoisotopic (exact) mass is 263 g/mol. The number of rotatable bonds is 6. The highest BCUT2D eigenvalue weighted by Gasteiger charge is 2.16. The Balaban J connectivity index is 2.67. The predicted molar refractivity (Wildman–Crippen MR) is 80.9 cm³/mol. The first kappa shape index (κ1) is 16.2. The van der Waals surface area contributed by atoms with Crippen LogP contribution in [0, 0.1) is 6.92 Å². The van der Waals surface area contributed by atoms with E-state index in [0.717, 1.165) is 6.42 Å². The minimum absolute atomic E-state index is 0.142. The summed E-state index contributed by atoms with van der Waals surface area (Å²) in [7, 11) is -0.641. The Labute approximate surface area is 117 Å². The fourth-order valence-corrected chi connectivity index (χ4v) is 1.75. The van der Waals surface area contributed by atoms with Crippen molar-refractivity contribution >= 4 is 7.25 Å². The summed E-state index contributed by atoms with van der Waals surface area (Å²) in [5.74, 6) is 0. The van der Waals surface area contributed by atoms with Gasteiger partial charge in [-0.3, -0.25) is 0 Å². The molecule has 0 unspecified atom stereocenters. The molecule has 0 heterocycles. The number of benzene rings is 1. The number of aryl methyl sites for hydroxylation is 1. The molecule has 0 bridgehead atoms. The summed E-state index contributed by atoms with van der Waals surface area (Å²) in [4.78, 5) is 0. The molecule has 0 aliphatic heterocycles. The first-order valence-corrected chi connectivity index (χ1v) is 6.93. The summed E-state index contributed by atoms with van der Waals surface area (Å²) < 4.78 is 10.8. The average molecular weight is 263 g/mol. The van der Waals surface area contributed by atoms with Crippen molar-refractivity contribution in [3.05, 3.63) is 34.9 Å². The summed E-state index contributed by atoms with van der Waals surface area (Å²) in [6.07, 6.45) is 0.940. The SMILES string of the molecule is CCCOB(N)OCc1cc(C(C)(C)C)ccc1C. The maximum absolute atomic E-state index is 5.74. The van der Waals surface area contributed by atoms with Crippen LogP contribution in [0.1, 0.15) is 50.8 Å². The van der Waals surface area contributed by atoms with E-state index in [0.29, 0.717) is 13.2 Å². The molecule has 0 spiro atoms. The van der Waals surface area contributed by atoms with Crippen molar-refractivity contribution in [2.75, 3.05) is 6.61 Å². The van der Waals surface area contributed by atoms with Crippen LogP contribution in [0.15, 0.2) is 18.2 Å². The van der Waals surface area contributed by atoms with Gasteiger partial charge in [-0.1, -0.05) is 45.9 Å². The van der Waals surface area contributed by atoms with Crippen LogP contribution in [0.2, 0.25) is 0 Å². The number of nitrogens with two attached hydrogens (primary N) is 1. The Morgan fingerprint density at radius 3 is 2.47 bits per heavy atom. The summed E-state index contributed by atoms with van der Waals surface area (Å²) in [6.45, 7) is 11.9. The van der Waals surface area contributed by atoms with Crippen molar-refractivity contribution in [2.24, 2.45) is 5.64 Å². The smallest absolute Gasteiger partial charge is 0.397 e. The molecule has 19 heavy (non-hydrogen) atoms. The van der Waals surface area contributed by atoms with E-state index in [-0.39, 0.29) is 5.41 Å². The molecule has 0 radical (unpaired) electrons. The van der Waals surface area contributed by atoms with Gasteiger partial charge in [-0.25, -0.2) is 0 Å². The minimum Gasteiger partial charge on any atom is -0.397 e. The molecule has 0 aromatic heterocycles. The Bertz CT molecular complexity index is 402. The normalized spacial score (nSPS) is 11.7. The van der Waals surface area contributed by atoms with Crippen molar-refractivity contribution in [2.45, 2.75) is 53.1 Å². The Morgan fingerprint density at radius 2 is 1.89 bits per heavy atom. The van der Waals surface area contributed by atoms with Gasteiger partial charge < -0.3 is 15.0 Å². The fourth-order valence-electron chi connectivity index (χ4n) is 1.75. The van der Waals surface area contributed by atoms with E-state index in [9.17, 15) is 0 Å². The van der Waals surface area contributed by atoms with Gasteiger partial charge in [0.2, 0.25) is 0 Å². The second-order valence-electron chi connectivity index (χ2n) is 5.94. The Hall–Kier alpha value is -0.835. The van der Waals surface area contributed by atoms with Gasteiger partial charge in [0, 0.05) is 6.61 Å². The summed E-state index contributed by atoms with van der Waals surface area (Å²) >= 11 is 0. The third kappa shape index (κ3) is 5.35. The molecule has 4 heteroatoms. The van der Waals surface area contributed by atoms with Crippen LogP contribution in [0.5, 0.6) is 0 Å². The Kier molecular flexibility index (Phi) is 6.05. The fraction of sp³-hybridized carbons (Fsp3) is 0.600. The number of hydrogen-bond donors (Lipinski definition) is 1. The van der Waals surface area contributed by atoms with Crippen LogP contribution >= 0.6 is 0 Å². The van der Waals surface area contributed by atoms with Crippen LogP contribution in [0.25, 0.3) is 0 Å². The summed E-state index contributed by atoms with van der Waals surface area (Å²) in [6, 6.07) is 6.51. The van der Waals surface area contributed by atoms with E-state index in [2.05, 4.69) is 45.9 Å². The zero-order chi connectivity index (χ0) is 14.5. The third-order valence-corrected chi connectivity index (χ3v) is 3.10. The maximum Gasteiger partial charge on any atom is 0.552 e. The number of hydrogen-bond acceptors (Lipinski definition) is 3. The molecule has 0 saturated carbocycles. The largest absolute Gasteiger partial charge is 0.552 e. The molecule has 2 N–H and O–H groups in total. The van der Waals surface area contributed by atoms with Gasteiger partial charge in [-0.05, 0) is 35.4 Å². The molecule has 0 amide bonds. The van der Waals surface area contributed by atoms with Gasteiger partial charge >= 0.3 is 7.25 Å². The molecule has 1 rings (SSSR count). The molecule has 0 saturated heterocycles. The lowest BCUT2D eigenvalue weighted by Gasteiger charge is -2.21. The van der Waals surface area contributed by atoms with Crippen LogP contribution in [-0.2, 0) is 21.3 Å². The van der Waals surface area contributed by atoms with Crippen LogP contribution in [0.4, 0.5) is 0 Å². The minimum atomic E-state index is -0.641. The van der Waals surface area contributed by atoms with Crippen LogP contribution < -0.4 is 5.64 Å². The summed E-state index contributed by atoms with van der Waals surface area (Å²) in [5.41, 5.74) is 9.57. The van der Waals surface area contributed by atoms with E-state index < -0.39 is 7.25 Å². The van der Waals surface area contributed by atoms with E-state index >= 15 is 0 Å². The molecule has 1 aromatic carbocycles. The van der Waals surface area contributed by atoms with Crippen molar-refractivity contribution in [3.63, 3.8) is 0 Å². The third-order valence-electron chi connectivity index (χ3n) is 3.10. The highest BCUT2D eigenvalue weighted by molar-refractivity contribution is 6.40. The zero-order valence-corrected chi connectivity index (χ0v) is 12.8. The lowest BCUT2D eigenvalue weighted by Crippen LogP contribution is -2.34.